The quantitative estimate of drug-likeness (QED) is 0.764. The fraction of sp³-hybridized carbons (Fsp3) is 0.500. The van der Waals surface area contributed by atoms with Gasteiger partial charge < -0.3 is 9.80 Å². The number of hydrogen-bond donors (Lipinski definition) is 0. The third-order valence-electron chi connectivity index (χ3n) is 3.13. The van der Waals surface area contributed by atoms with Crippen molar-refractivity contribution in [2.24, 2.45) is 0 Å². The molecule has 0 saturated heterocycles. The zero-order chi connectivity index (χ0) is 15.0. The van der Waals surface area contributed by atoms with Crippen molar-refractivity contribution in [1.82, 2.24) is 9.80 Å². The highest BCUT2D eigenvalue weighted by atomic mass is 16.2. The minimum atomic E-state index is -0.704. The highest BCUT2D eigenvalue weighted by Crippen LogP contribution is 2.17. The van der Waals surface area contributed by atoms with E-state index in [1.165, 1.54) is 0 Å². The first-order valence-electron chi connectivity index (χ1n) is 6.98. The van der Waals surface area contributed by atoms with Gasteiger partial charge in [-0.15, -0.1) is 0 Å². The second kappa shape index (κ2) is 8.34. The van der Waals surface area contributed by atoms with Gasteiger partial charge in [-0.2, -0.15) is 5.26 Å². The smallest absolute Gasteiger partial charge is 0.244 e. The minimum Gasteiger partial charge on any atom is -0.340 e. The van der Waals surface area contributed by atoms with Crippen molar-refractivity contribution in [2.75, 3.05) is 33.7 Å². The minimum absolute atomic E-state index is 0.0950. The van der Waals surface area contributed by atoms with Gasteiger partial charge in [0.15, 0.2) is 0 Å². The molecule has 0 aliphatic rings. The first-order valence-corrected chi connectivity index (χ1v) is 6.98. The summed E-state index contributed by atoms with van der Waals surface area (Å²) in [6, 6.07) is 11.4. The summed E-state index contributed by atoms with van der Waals surface area (Å²) in [6.07, 6.45) is 0.895. The second-order valence-electron chi connectivity index (χ2n) is 5.10. The van der Waals surface area contributed by atoms with Crippen LogP contribution in [-0.4, -0.2) is 49.4 Å². The Morgan fingerprint density at radius 3 is 2.35 bits per heavy atom. The lowest BCUT2D eigenvalue weighted by atomic mass is 9.99. The van der Waals surface area contributed by atoms with Crippen molar-refractivity contribution >= 4 is 5.91 Å². The number of nitrogens with zero attached hydrogens (tertiary/aromatic N) is 3. The maximum atomic E-state index is 12.6. The lowest BCUT2D eigenvalue weighted by Crippen LogP contribution is -2.39. The van der Waals surface area contributed by atoms with E-state index < -0.39 is 5.92 Å². The average molecular weight is 273 g/mol. The molecular formula is C16H23N3O. The van der Waals surface area contributed by atoms with Gasteiger partial charge in [-0.05, 0) is 26.1 Å². The lowest BCUT2D eigenvalue weighted by Gasteiger charge is -2.26. The largest absolute Gasteiger partial charge is 0.340 e. The number of benzene rings is 1. The normalized spacial score (nSPS) is 11.9. The molecule has 0 heterocycles. The third-order valence-corrected chi connectivity index (χ3v) is 3.13. The summed E-state index contributed by atoms with van der Waals surface area (Å²) >= 11 is 0. The molecule has 0 N–H and O–H groups in total. The van der Waals surface area contributed by atoms with Crippen LogP contribution in [0.15, 0.2) is 30.3 Å². The molecule has 0 saturated carbocycles. The molecule has 1 amide bonds. The van der Waals surface area contributed by atoms with Gasteiger partial charge in [0.1, 0.15) is 5.92 Å². The predicted octanol–water partition coefficient (Wildman–Crippen LogP) is 2.09. The Morgan fingerprint density at radius 2 is 1.85 bits per heavy atom. The van der Waals surface area contributed by atoms with E-state index in [2.05, 4.69) is 6.07 Å². The van der Waals surface area contributed by atoms with Crippen molar-refractivity contribution in [3.63, 3.8) is 0 Å². The number of nitriles is 1. The molecule has 0 radical (unpaired) electrons. The van der Waals surface area contributed by atoms with Crippen LogP contribution in [0.25, 0.3) is 0 Å². The lowest BCUT2D eigenvalue weighted by molar-refractivity contribution is -0.131. The van der Waals surface area contributed by atoms with E-state index in [9.17, 15) is 10.1 Å². The van der Waals surface area contributed by atoms with Gasteiger partial charge in [-0.1, -0.05) is 37.3 Å². The standard InChI is InChI=1S/C16H23N3O/c1-4-10-19(12-11-18(2)3)16(20)15(13-17)14-8-6-5-7-9-14/h5-9,15H,4,10-12H2,1-3H3. The molecule has 0 aliphatic heterocycles. The summed E-state index contributed by atoms with van der Waals surface area (Å²) < 4.78 is 0. The molecule has 1 atom stereocenters. The number of carbonyl (C=O) groups is 1. The van der Waals surface area contributed by atoms with Crippen molar-refractivity contribution in [3.8, 4) is 6.07 Å². The van der Waals surface area contributed by atoms with Crippen LogP contribution in [0.3, 0.4) is 0 Å². The molecule has 0 bridgehead atoms. The van der Waals surface area contributed by atoms with Gasteiger partial charge >= 0.3 is 0 Å². The zero-order valence-corrected chi connectivity index (χ0v) is 12.5. The molecule has 1 unspecified atom stereocenters. The van der Waals surface area contributed by atoms with Crippen LogP contribution in [0.5, 0.6) is 0 Å². The number of carbonyl (C=O) groups excluding carboxylic acids is 1. The van der Waals surface area contributed by atoms with Gasteiger partial charge in [0.05, 0.1) is 6.07 Å². The van der Waals surface area contributed by atoms with Crippen molar-refractivity contribution in [2.45, 2.75) is 19.3 Å². The van der Waals surface area contributed by atoms with Crippen LogP contribution in [0, 0.1) is 11.3 Å². The molecule has 4 nitrogen and oxygen atoms in total. The first kappa shape index (κ1) is 16.2. The molecule has 0 aromatic heterocycles. The maximum absolute atomic E-state index is 12.6. The molecule has 1 aromatic carbocycles. The molecular weight excluding hydrogens is 250 g/mol. The molecule has 0 fully saturated rings. The number of rotatable bonds is 7. The van der Waals surface area contributed by atoms with E-state index in [0.717, 1.165) is 18.5 Å². The molecule has 0 aliphatic carbocycles. The highest BCUT2D eigenvalue weighted by molar-refractivity contribution is 5.86. The monoisotopic (exact) mass is 273 g/mol. The summed E-state index contributed by atoms with van der Waals surface area (Å²) in [5.74, 6) is -0.799. The van der Waals surface area contributed by atoms with E-state index >= 15 is 0 Å². The summed E-state index contributed by atoms with van der Waals surface area (Å²) in [4.78, 5) is 16.4. The second-order valence-corrected chi connectivity index (χ2v) is 5.10. The van der Waals surface area contributed by atoms with Gasteiger partial charge in [-0.3, -0.25) is 4.79 Å². The van der Waals surface area contributed by atoms with E-state index in [0.29, 0.717) is 13.1 Å². The molecule has 20 heavy (non-hydrogen) atoms. The molecule has 1 rings (SSSR count). The Morgan fingerprint density at radius 1 is 1.20 bits per heavy atom. The Labute approximate surface area is 121 Å². The van der Waals surface area contributed by atoms with Gasteiger partial charge in [0.2, 0.25) is 5.91 Å². The van der Waals surface area contributed by atoms with Crippen LogP contribution >= 0.6 is 0 Å². The predicted molar refractivity (Wildman–Crippen MR) is 80.2 cm³/mol. The maximum Gasteiger partial charge on any atom is 0.244 e. The first-order chi connectivity index (χ1) is 9.60. The van der Waals surface area contributed by atoms with Crippen LogP contribution in [0.1, 0.15) is 24.8 Å². The zero-order valence-electron chi connectivity index (χ0n) is 12.5. The van der Waals surface area contributed by atoms with Crippen molar-refractivity contribution in [3.05, 3.63) is 35.9 Å². The average Bonchev–Trinajstić information content (AvgIpc) is 2.45. The Kier molecular flexibility index (Phi) is 6.75. The Hall–Kier alpha value is -1.86. The summed E-state index contributed by atoms with van der Waals surface area (Å²) in [6.45, 7) is 4.20. The van der Waals surface area contributed by atoms with E-state index in [4.69, 9.17) is 0 Å². The molecule has 0 spiro atoms. The van der Waals surface area contributed by atoms with Crippen LogP contribution in [0.2, 0.25) is 0 Å². The summed E-state index contributed by atoms with van der Waals surface area (Å²) in [5.41, 5.74) is 0.769. The van der Waals surface area contributed by atoms with E-state index in [1.54, 1.807) is 4.90 Å². The van der Waals surface area contributed by atoms with E-state index in [-0.39, 0.29) is 5.91 Å². The molecule has 108 valence electrons. The number of hydrogen-bond acceptors (Lipinski definition) is 3. The molecule has 4 heteroatoms. The molecule has 1 aromatic rings. The van der Waals surface area contributed by atoms with Crippen LogP contribution in [-0.2, 0) is 4.79 Å². The van der Waals surface area contributed by atoms with Crippen LogP contribution in [0.4, 0.5) is 0 Å². The summed E-state index contributed by atoms with van der Waals surface area (Å²) in [5, 5.41) is 9.34. The van der Waals surface area contributed by atoms with E-state index in [1.807, 2.05) is 56.3 Å². The van der Waals surface area contributed by atoms with Gasteiger partial charge in [0, 0.05) is 19.6 Å². The summed E-state index contributed by atoms with van der Waals surface area (Å²) in [7, 11) is 3.96. The number of likely N-dealkylation sites (N-methyl/N-ethyl adjacent to an activating group) is 1. The highest BCUT2D eigenvalue weighted by Gasteiger charge is 2.25. The topological polar surface area (TPSA) is 47.3 Å². The Balaban J connectivity index is 2.83. The van der Waals surface area contributed by atoms with Crippen molar-refractivity contribution < 1.29 is 4.79 Å². The SMILES string of the molecule is CCCN(CCN(C)C)C(=O)C(C#N)c1ccccc1. The Bertz CT molecular complexity index is 451. The van der Waals surface area contributed by atoms with Crippen LogP contribution < -0.4 is 0 Å². The third kappa shape index (κ3) is 4.67. The van der Waals surface area contributed by atoms with Gasteiger partial charge in [-0.25, -0.2) is 0 Å². The fourth-order valence-electron chi connectivity index (χ4n) is 2.02. The van der Waals surface area contributed by atoms with Gasteiger partial charge in [0.25, 0.3) is 0 Å². The van der Waals surface area contributed by atoms with Crippen molar-refractivity contribution in [1.29, 1.82) is 5.26 Å². The number of amides is 1. The fourth-order valence-corrected chi connectivity index (χ4v) is 2.02.